The number of Topliss-reactive ketones (excluding diaryl/α,β-unsaturated/α-hetero) is 1. The predicted octanol–water partition coefficient (Wildman–Crippen LogP) is 0.865. The van der Waals surface area contributed by atoms with E-state index in [9.17, 15) is 30.0 Å². The molecule has 0 unspecified atom stereocenters. The summed E-state index contributed by atoms with van der Waals surface area (Å²) < 4.78 is 17.0. The Hall–Kier alpha value is -1.41. The number of allylic oxidation sites excluding steroid dienone is 3. The fraction of sp³-hybridized carbons (Fsp3) is 0.727. The van der Waals surface area contributed by atoms with Crippen LogP contribution in [0.25, 0.3) is 0 Å². The summed E-state index contributed by atoms with van der Waals surface area (Å²) in [7, 11) is 0. The fourth-order valence-corrected chi connectivity index (χ4v) is 7.32. The third kappa shape index (κ3) is 2.10. The van der Waals surface area contributed by atoms with Crippen LogP contribution in [0.4, 0.5) is 4.39 Å². The Morgan fingerprint density at radius 3 is 2.45 bits per heavy atom. The van der Waals surface area contributed by atoms with Crippen LogP contribution < -0.4 is 0 Å². The number of rotatable bonds is 1. The molecular weight excluding hydrogens is 379 g/mol. The topological polar surface area (TPSA) is 115 Å². The fourth-order valence-electron chi connectivity index (χ4n) is 7.32. The molecule has 29 heavy (non-hydrogen) atoms. The number of alkyl halides is 1. The molecule has 7 heteroatoms. The van der Waals surface area contributed by atoms with Gasteiger partial charge < -0.3 is 20.4 Å². The number of hydrogen-bond acceptors (Lipinski definition) is 6. The number of aliphatic hydroxyl groups excluding tert-OH is 3. The van der Waals surface area contributed by atoms with Crippen LogP contribution in [-0.4, -0.2) is 61.6 Å². The second-order valence-electron chi connectivity index (χ2n) is 9.97. The molecule has 0 amide bonds. The van der Waals surface area contributed by atoms with Crippen molar-refractivity contribution in [3.8, 4) is 0 Å². The highest BCUT2D eigenvalue weighted by molar-refractivity contribution is 6.01. The molecule has 4 rings (SSSR count). The molecule has 4 aliphatic rings. The van der Waals surface area contributed by atoms with Gasteiger partial charge in [-0.2, -0.15) is 0 Å². The molecule has 4 aliphatic carbocycles. The van der Waals surface area contributed by atoms with E-state index < -0.39 is 69.7 Å². The van der Waals surface area contributed by atoms with Crippen molar-refractivity contribution in [2.45, 2.75) is 70.1 Å². The summed E-state index contributed by atoms with van der Waals surface area (Å²) in [6.07, 6.45) is -0.855. The first-order valence-corrected chi connectivity index (χ1v) is 10.2. The zero-order valence-corrected chi connectivity index (χ0v) is 17.1. The Labute approximate surface area is 169 Å². The van der Waals surface area contributed by atoms with E-state index in [2.05, 4.69) is 0 Å². The van der Waals surface area contributed by atoms with Gasteiger partial charge in [-0.15, -0.1) is 0 Å². The van der Waals surface area contributed by atoms with Gasteiger partial charge in [0.15, 0.2) is 17.2 Å². The lowest BCUT2D eigenvalue weighted by Gasteiger charge is -2.64. The van der Waals surface area contributed by atoms with E-state index >= 15 is 4.39 Å². The van der Waals surface area contributed by atoms with Crippen molar-refractivity contribution in [1.29, 1.82) is 0 Å². The molecule has 0 saturated heterocycles. The van der Waals surface area contributed by atoms with Gasteiger partial charge in [-0.3, -0.25) is 9.59 Å². The van der Waals surface area contributed by atoms with Gasteiger partial charge in [-0.1, -0.05) is 19.9 Å². The number of aliphatic hydroxyl groups is 4. The molecule has 0 aliphatic heterocycles. The third-order valence-electron chi connectivity index (χ3n) is 8.85. The van der Waals surface area contributed by atoms with Crippen molar-refractivity contribution in [1.82, 2.24) is 0 Å². The molecule has 0 bridgehead atoms. The van der Waals surface area contributed by atoms with Crippen molar-refractivity contribution >= 4 is 11.6 Å². The Kier molecular flexibility index (Phi) is 4.20. The largest absolute Gasteiger partial charge is 0.390 e. The molecule has 0 heterocycles. The maximum absolute atomic E-state index is 17.0. The van der Waals surface area contributed by atoms with Crippen molar-refractivity contribution in [3.63, 3.8) is 0 Å². The van der Waals surface area contributed by atoms with Gasteiger partial charge in [0.05, 0.1) is 12.2 Å². The minimum atomic E-state index is -2.37. The molecule has 0 aromatic rings. The zero-order valence-electron chi connectivity index (χ0n) is 17.1. The predicted molar refractivity (Wildman–Crippen MR) is 101 cm³/mol. The smallest absolute Gasteiger partial charge is 0.178 e. The average molecular weight is 408 g/mol. The standard InChI is InChI=1S/C22H29FO6/c1-10-7-13-16-18(28)17(27)14-8-12(25)5-6-19(14,3)21(16,23)15(26)9-20(13,4)22(10,29)11(2)24/h5-6,8,10,13,15-18,26-29H,7,9H2,1-4H3/t10-,13-,15-,16+,17-,18+,19-,20-,21+,22-/m0/s1. The average Bonchev–Trinajstić information content (AvgIpc) is 2.84. The molecule has 160 valence electrons. The van der Waals surface area contributed by atoms with E-state index in [1.165, 1.54) is 26.0 Å². The highest BCUT2D eigenvalue weighted by Gasteiger charge is 2.77. The van der Waals surface area contributed by atoms with Crippen molar-refractivity contribution in [2.24, 2.45) is 28.6 Å². The first-order valence-electron chi connectivity index (χ1n) is 10.2. The third-order valence-corrected chi connectivity index (χ3v) is 8.85. The minimum absolute atomic E-state index is 0.0479. The van der Waals surface area contributed by atoms with Crippen LogP contribution in [0.5, 0.6) is 0 Å². The minimum Gasteiger partial charge on any atom is -0.390 e. The van der Waals surface area contributed by atoms with Gasteiger partial charge in [0.1, 0.15) is 11.7 Å². The van der Waals surface area contributed by atoms with Gasteiger partial charge in [-0.05, 0) is 56.3 Å². The maximum Gasteiger partial charge on any atom is 0.178 e. The summed E-state index contributed by atoms with van der Waals surface area (Å²) >= 11 is 0. The number of fused-ring (bicyclic) bond motifs is 5. The summed E-state index contributed by atoms with van der Waals surface area (Å²) in [4.78, 5) is 24.3. The summed E-state index contributed by atoms with van der Waals surface area (Å²) in [5, 5.41) is 44.3. The van der Waals surface area contributed by atoms with Gasteiger partial charge in [-0.25, -0.2) is 4.39 Å². The van der Waals surface area contributed by atoms with E-state index in [0.29, 0.717) is 0 Å². The molecule has 0 aromatic carbocycles. The lowest BCUT2D eigenvalue weighted by Crippen LogP contribution is -2.74. The monoisotopic (exact) mass is 408 g/mol. The van der Waals surface area contributed by atoms with Crippen LogP contribution in [0.15, 0.2) is 23.8 Å². The molecule has 3 saturated carbocycles. The van der Waals surface area contributed by atoms with Crippen molar-refractivity contribution < 1.29 is 34.4 Å². The molecule has 4 N–H and O–H groups in total. The van der Waals surface area contributed by atoms with E-state index in [1.807, 2.05) is 0 Å². The summed E-state index contributed by atoms with van der Waals surface area (Å²) in [5.74, 6) is -3.23. The van der Waals surface area contributed by atoms with Gasteiger partial charge in [0, 0.05) is 16.7 Å². The number of halogens is 1. The second-order valence-corrected chi connectivity index (χ2v) is 9.97. The van der Waals surface area contributed by atoms with Crippen LogP contribution in [0, 0.1) is 28.6 Å². The van der Waals surface area contributed by atoms with Crippen molar-refractivity contribution in [2.75, 3.05) is 0 Å². The first-order chi connectivity index (χ1) is 13.3. The van der Waals surface area contributed by atoms with Crippen LogP contribution >= 0.6 is 0 Å². The summed E-state index contributed by atoms with van der Waals surface area (Å²) in [6, 6.07) is 0. The normalized spacial score (nSPS) is 56.3. The van der Waals surface area contributed by atoms with Crippen LogP contribution in [0.3, 0.4) is 0 Å². The Morgan fingerprint density at radius 2 is 1.86 bits per heavy atom. The Balaban J connectivity index is 1.93. The summed E-state index contributed by atoms with van der Waals surface area (Å²) in [6.45, 7) is 6.19. The number of carbonyl (C=O) groups is 2. The number of carbonyl (C=O) groups excluding carboxylic acids is 2. The van der Waals surface area contributed by atoms with E-state index in [1.54, 1.807) is 13.8 Å². The molecule has 0 spiro atoms. The Bertz CT molecular complexity index is 852. The molecule has 0 radical (unpaired) electrons. The summed E-state index contributed by atoms with van der Waals surface area (Å²) in [5.41, 5.74) is -6.75. The van der Waals surface area contributed by atoms with Gasteiger partial charge in [0.25, 0.3) is 0 Å². The lowest BCUT2D eigenvalue weighted by atomic mass is 9.43. The highest BCUT2D eigenvalue weighted by atomic mass is 19.1. The number of ketones is 2. The number of hydrogen-bond donors (Lipinski definition) is 4. The molecule has 3 fully saturated rings. The first kappa shape index (κ1) is 20.8. The molecule has 10 atom stereocenters. The zero-order chi connectivity index (χ0) is 21.7. The molecule has 0 aromatic heterocycles. The van der Waals surface area contributed by atoms with Gasteiger partial charge in [0.2, 0.25) is 0 Å². The quantitative estimate of drug-likeness (QED) is 0.512. The highest BCUT2D eigenvalue weighted by Crippen LogP contribution is 2.70. The van der Waals surface area contributed by atoms with E-state index in [4.69, 9.17) is 0 Å². The van der Waals surface area contributed by atoms with Crippen LogP contribution in [0.2, 0.25) is 0 Å². The maximum atomic E-state index is 17.0. The molecule has 6 nitrogen and oxygen atoms in total. The molecular formula is C22H29FO6. The van der Waals surface area contributed by atoms with E-state index in [-0.39, 0.29) is 18.4 Å². The van der Waals surface area contributed by atoms with E-state index in [0.717, 1.165) is 6.08 Å². The lowest BCUT2D eigenvalue weighted by molar-refractivity contribution is -0.251. The van der Waals surface area contributed by atoms with Crippen LogP contribution in [-0.2, 0) is 9.59 Å². The van der Waals surface area contributed by atoms with Crippen LogP contribution in [0.1, 0.15) is 40.5 Å². The van der Waals surface area contributed by atoms with Crippen molar-refractivity contribution in [3.05, 3.63) is 23.8 Å². The SMILES string of the molecule is CC(=O)[C@@]1(O)[C@@H](C)C[C@H]2[C@@H]3[C@@H](O)[C@@H](O)C4=CC(=O)C=C[C@]4(C)[C@@]3(F)[C@@H](O)C[C@@]21C. The van der Waals surface area contributed by atoms with Gasteiger partial charge >= 0.3 is 0 Å². The second kappa shape index (κ2) is 5.84. The Morgan fingerprint density at radius 1 is 1.24 bits per heavy atom.